The predicted octanol–water partition coefficient (Wildman–Crippen LogP) is 2.20. The smallest absolute Gasteiger partial charge is 0.312 e. The molecule has 3 rings (SSSR count). The molecule has 20 heavy (non-hydrogen) atoms. The maximum absolute atomic E-state index is 13.1. The largest absolute Gasteiger partial charge is 0.433 e. The second-order valence-electron chi connectivity index (χ2n) is 4.49. The van der Waals surface area contributed by atoms with Crippen LogP contribution < -0.4 is 5.32 Å². The molecule has 0 atom stereocenters. The number of halogens is 3. The van der Waals surface area contributed by atoms with Crippen LogP contribution in [0.25, 0.3) is 11.4 Å². The van der Waals surface area contributed by atoms with Crippen LogP contribution in [-0.4, -0.2) is 21.5 Å². The molecular formula is C13H11F3N4. The molecule has 0 aromatic carbocycles. The van der Waals surface area contributed by atoms with Crippen LogP contribution in [0.2, 0.25) is 0 Å². The summed E-state index contributed by atoms with van der Waals surface area (Å²) in [6.07, 6.45) is -1.00. The number of aromatic nitrogens is 3. The fourth-order valence-corrected chi connectivity index (χ4v) is 2.20. The van der Waals surface area contributed by atoms with Gasteiger partial charge in [0.15, 0.2) is 11.5 Å². The molecule has 0 saturated carbocycles. The SMILES string of the molecule is FC(F)(F)c1nc(-c2cccnc2)nc2c1CNCC2. The van der Waals surface area contributed by atoms with Crippen molar-refractivity contribution < 1.29 is 13.2 Å². The molecule has 0 radical (unpaired) electrons. The van der Waals surface area contributed by atoms with Crippen LogP contribution >= 0.6 is 0 Å². The molecule has 2 aromatic heterocycles. The van der Waals surface area contributed by atoms with Crippen molar-refractivity contribution in [3.8, 4) is 11.4 Å². The Morgan fingerprint density at radius 1 is 1.20 bits per heavy atom. The average molecular weight is 280 g/mol. The molecule has 104 valence electrons. The lowest BCUT2D eigenvalue weighted by Crippen LogP contribution is -2.29. The third-order valence-electron chi connectivity index (χ3n) is 3.12. The first kappa shape index (κ1) is 13.0. The molecule has 1 aliphatic heterocycles. The van der Waals surface area contributed by atoms with Crippen LogP contribution in [0.5, 0.6) is 0 Å². The van der Waals surface area contributed by atoms with Crippen molar-refractivity contribution in [2.24, 2.45) is 0 Å². The van der Waals surface area contributed by atoms with Gasteiger partial charge >= 0.3 is 6.18 Å². The van der Waals surface area contributed by atoms with Crippen molar-refractivity contribution in [1.82, 2.24) is 20.3 Å². The quantitative estimate of drug-likeness (QED) is 0.870. The van der Waals surface area contributed by atoms with Gasteiger partial charge in [-0.2, -0.15) is 13.2 Å². The zero-order valence-corrected chi connectivity index (χ0v) is 10.4. The summed E-state index contributed by atoms with van der Waals surface area (Å²) in [5, 5.41) is 2.92. The van der Waals surface area contributed by atoms with Crippen LogP contribution in [0.15, 0.2) is 24.5 Å². The van der Waals surface area contributed by atoms with Gasteiger partial charge in [0.2, 0.25) is 0 Å². The highest BCUT2D eigenvalue weighted by Gasteiger charge is 2.38. The van der Waals surface area contributed by atoms with E-state index < -0.39 is 11.9 Å². The Kier molecular flexibility index (Phi) is 3.13. The van der Waals surface area contributed by atoms with E-state index >= 15 is 0 Å². The van der Waals surface area contributed by atoms with Crippen molar-refractivity contribution in [3.05, 3.63) is 41.5 Å². The van der Waals surface area contributed by atoms with Gasteiger partial charge < -0.3 is 5.32 Å². The molecule has 0 saturated heterocycles. The lowest BCUT2D eigenvalue weighted by Gasteiger charge is -2.21. The van der Waals surface area contributed by atoms with Crippen LogP contribution in [0.4, 0.5) is 13.2 Å². The molecule has 4 nitrogen and oxygen atoms in total. The Morgan fingerprint density at radius 2 is 2.05 bits per heavy atom. The van der Waals surface area contributed by atoms with Crippen molar-refractivity contribution in [3.63, 3.8) is 0 Å². The molecule has 7 heteroatoms. The summed E-state index contributed by atoms with van der Waals surface area (Å²) in [5.41, 5.74) is 0.245. The van der Waals surface area contributed by atoms with Crippen molar-refractivity contribution in [2.75, 3.05) is 6.54 Å². The Balaban J connectivity index is 2.19. The van der Waals surface area contributed by atoms with E-state index in [4.69, 9.17) is 0 Å². The molecule has 0 amide bonds. The number of nitrogens with one attached hydrogen (secondary N) is 1. The summed E-state index contributed by atoms with van der Waals surface area (Å²) >= 11 is 0. The molecular weight excluding hydrogens is 269 g/mol. The highest BCUT2D eigenvalue weighted by atomic mass is 19.4. The molecule has 2 aromatic rings. The third-order valence-corrected chi connectivity index (χ3v) is 3.12. The van der Waals surface area contributed by atoms with Crippen LogP contribution in [0.3, 0.4) is 0 Å². The number of fused-ring (bicyclic) bond motifs is 1. The van der Waals surface area contributed by atoms with E-state index in [1.54, 1.807) is 18.3 Å². The Morgan fingerprint density at radius 3 is 2.75 bits per heavy atom. The average Bonchev–Trinajstić information content (AvgIpc) is 2.46. The molecule has 0 bridgehead atoms. The molecule has 0 fully saturated rings. The van der Waals surface area contributed by atoms with Gasteiger partial charge in [-0.3, -0.25) is 4.98 Å². The fraction of sp³-hybridized carbons (Fsp3) is 0.308. The Bertz CT molecular complexity index is 626. The fourth-order valence-electron chi connectivity index (χ4n) is 2.20. The summed E-state index contributed by atoms with van der Waals surface area (Å²) < 4.78 is 39.4. The summed E-state index contributed by atoms with van der Waals surface area (Å²) in [5.74, 6) is 0.0751. The highest BCUT2D eigenvalue weighted by molar-refractivity contribution is 5.54. The monoisotopic (exact) mass is 280 g/mol. The van der Waals surface area contributed by atoms with Gasteiger partial charge in [0.05, 0.1) is 5.69 Å². The summed E-state index contributed by atoms with van der Waals surface area (Å²) in [7, 11) is 0. The van der Waals surface area contributed by atoms with E-state index in [9.17, 15) is 13.2 Å². The number of hydrogen-bond donors (Lipinski definition) is 1. The molecule has 0 aliphatic carbocycles. The number of pyridine rings is 1. The molecule has 0 spiro atoms. The first-order valence-corrected chi connectivity index (χ1v) is 6.14. The summed E-state index contributed by atoms with van der Waals surface area (Å²) in [4.78, 5) is 11.9. The Labute approximate surface area is 113 Å². The predicted molar refractivity (Wildman–Crippen MR) is 65.7 cm³/mol. The second-order valence-corrected chi connectivity index (χ2v) is 4.49. The standard InChI is InChI=1S/C13H11F3N4/c14-13(15,16)11-9-7-18-5-3-10(9)19-12(20-11)8-2-1-4-17-6-8/h1-2,4,6,18H,3,5,7H2. The summed E-state index contributed by atoms with van der Waals surface area (Å²) in [6.45, 7) is 0.769. The minimum Gasteiger partial charge on any atom is -0.312 e. The molecule has 1 aliphatic rings. The van der Waals surface area contributed by atoms with Gasteiger partial charge in [-0.15, -0.1) is 0 Å². The van der Waals surface area contributed by atoms with Gasteiger partial charge in [0, 0.05) is 43.0 Å². The van der Waals surface area contributed by atoms with Gasteiger partial charge in [-0.1, -0.05) is 0 Å². The van der Waals surface area contributed by atoms with Crippen LogP contribution in [0.1, 0.15) is 17.0 Å². The number of alkyl halides is 3. The number of nitrogens with zero attached hydrogens (tertiary/aromatic N) is 3. The second kappa shape index (κ2) is 4.82. The maximum atomic E-state index is 13.1. The van der Waals surface area contributed by atoms with Crippen molar-refractivity contribution in [2.45, 2.75) is 19.1 Å². The lowest BCUT2D eigenvalue weighted by atomic mass is 10.0. The van der Waals surface area contributed by atoms with E-state index in [1.165, 1.54) is 6.20 Å². The van der Waals surface area contributed by atoms with Crippen LogP contribution in [0, 0.1) is 0 Å². The zero-order chi connectivity index (χ0) is 14.2. The molecule has 1 N–H and O–H groups in total. The lowest BCUT2D eigenvalue weighted by molar-refractivity contribution is -0.142. The highest BCUT2D eigenvalue weighted by Crippen LogP contribution is 2.33. The Hall–Kier alpha value is -2.02. The van der Waals surface area contributed by atoms with E-state index in [-0.39, 0.29) is 17.9 Å². The zero-order valence-electron chi connectivity index (χ0n) is 10.4. The van der Waals surface area contributed by atoms with Crippen molar-refractivity contribution >= 4 is 0 Å². The van der Waals surface area contributed by atoms with Crippen LogP contribution in [-0.2, 0) is 19.1 Å². The van der Waals surface area contributed by atoms with E-state index in [2.05, 4.69) is 20.3 Å². The molecule has 0 unspecified atom stereocenters. The van der Waals surface area contributed by atoms with Gasteiger partial charge in [0.1, 0.15) is 0 Å². The van der Waals surface area contributed by atoms with E-state index in [1.807, 2.05) is 0 Å². The summed E-state index contributed by atoms with van der Waals surface area (Å²) in [6, 6.07) is 3.29. The van der Waals surface area contributed by atoms with Gasteiger partial charge in [-0.25, -0.2) is 9.97 Å². The first-order chi connectivity index (χ1) is 9.55. The normalized spacial score (nSPS) is 14.9. The van der Waals surface area contributed by atoms with E-state index in [0.717, 1.165) is 0 Å². The topological polar surface area (TPSA) is 50.7 Å². The number of rotatable bonds is 1. The van der Waals surface area contributed by atoms with Gasteiger partial charge in [0.25, 0.3) is 0 Å². The minimum atomic E-state index is -4.48. The molecule has 3 heterocycles. The van der Waals surface area contributed by atoms with Crippen molar-refractivity contribution in [1.29, 1.82) is 0 Å². The van der Waals surface area contributed by atoms with E-state index in [0.29, 0.717) is 24.2 Å². The third kappa shape index (κ3) is 2.36. The number of hydrogen-bond acceptors (Lipinski definition) is 4. The van der Waals surface area contributed by atoms with Gasteiger partial charge in [-0.05, 0) is 12.1 Å². The maximum Gasteiger partial charge on any atom is 0.433 e. The first-order valence-electron chi connectivity index (χ1n) is 6.14. The minimum absolute atomic E-state index is 0.0751.